The molecule has 3 aromatic rings. The maximum Gasteiger partial charge on any atom is 0.209 e. The van der Waals surface area contributed by atoms with Crippen LogP contribution in [-0.4, -0.2) is 32.9 Å². The monoisotopic (exact) mass is 368 g/mol. The van der Waals surface area contributed by atoms with Crippen molar-refractivity contribution < 1.29 is 9.47 Å². The van der Waals surface area contributed by atoms with Gasteiger partial charge in [0.1, 0.15) is 17.6 Å². The number of aromatic amines is 1. The zero-order valence-electron chi connectivity index (χ0n) is 14.7. The molecule has 0 unspecified atom stereocenters. The van der Waals surface area contributed by atoms with E-state index in [1.54, 1.807) is 24.2 Å². The van der Waals surface area contributed by atoms with Crippen LogP contribution in [0.15, 0.2) is 41.8 Å². The highest BCUT2D eigenvalue weighted by Crippen LogP contribution is 2.37. The first kappa shape index (κ1) is 16.9. The number of thioether (sulfide) groups is 1. The van der Waals surface area contributed by atoms with Gasteiger partial charge in [-0.05, 0) is 38.1 Å². The number of rotatable bonds is 6. The molecule has 2 aromatic heterocycles. The fourth-order valence-electron chi connectivity index (χ4n) is 2.97. The summed E-state index contributed by atoms with van der Waals surface area (Å²) in [4.78, 5) is 8.65. The van der Waals surface area contributed by atoms with Crippen molar-refractivity contribution in [3.05, 3.63) is 47.8 Å². The molecule has 0 fully saturated rings. The van der Waals surface area contributed by atoms with Crippen molar-refractivity contribution in [1.82, 2.24) is 20.2 Å². The van der Waals surface area contributed by atoms with E-state index in [4.69, 9.17) is 9.47 Å². The fraction of sp³-hybridized carbons (Fsp3) is 0.316. The predicted octanol–water partition coefficient (Wildman–Crippen LogP) is 3.88. The Kier molecular flexibility index (Phi) is 4.79. The van der Waals surface area contributed by atoms with Crippen LogP contribution in [0.4, 0.5) is 0 Å². The molecule has 0 aliphatic carbocycles. The van der Waals surface area contributed by atoms with Gasteiger partial charge in [-0.25, -0.2) is 4.98 Å². The highest BCUT2D eigenvalue weighted by Gasteiger charge is 2.22. The average Bonchev–Trinajstić information content (AvgIpc) is 3.26. The number of benzene rings is 1. The van der Waals surface area contributed by atoms with Crippen LogP contribution in [0.5, 0.6) is 11.5 Å². The first-order valence-electron chi connectivity index (χ1n) is 8.63. The third-order valence-corrected chi connectivity index (χ3v) is 5.03. The number of nitrogens with one attached hydrogen (secondary N) is 1. The first-order valence-corrected chi connectivity index (χ1v) is 9.62. The summed E-state index contributed by atoms with van der Waals surface area (Å²) in [5.74, 6) is 3.31. The molecular weight excluding hydrogens is 348 g/mol. The Morgan fingerprint density at radius 1 is 1.38 bits per heavy atom. The lowest BCUT2D eigenvalue weighted by atomic mass is 10.1. The maximum absolute atomic E-state index is 5.89. The largest absolute Gasteiger partial charge is 0.494 e. The van der Waals surface area contributed by atoms with Gasteiger partial charge in [-0.2, -0.15) is 0 Å². The number of hydrogen-bond acceptors (Lipinski definition) is 6. The minimum atomic E-state index is 0.220. The minimum Gasteiger partial charge on any atom is -0.494 e. The standard InChI is InChI=1S/C19H20N4O2S/c1-3-24-16-8-14-7-12(2)25-17(14)9-15(16)11-26-19-21-18(22-23-19)13-5-4-6-20-10-13/h4-6,8-10,12H,3,7,11H2,1-2H3,(H,21,22,23)/t12-/m1/s1. The van der Waals surface area contributed by atoms with Crippen LogP contribution in [0.1, 0.15) is 25.0 Å². The van der Waals surface area contributed by atoms with Gasteiger partial charge in [0.25, 0.3) is 0 Å². The van der Waals surface area contributed by atoms with Crippen molar-refractivity contribution in [2.24, 2.45) is 0 Å². The number of ether oxygens (including phenoxy) is 2. The molecule has 0 bridgehead atoms. The van der Waals surface area contributed by atoms with Crippen molar-refractivity contribution in [2.75, 3.05) is 6.61 Å². The second-order valence-corrected chi connectivity index (χ2v) is 7.07. The zero-order chi connectivity index (χ0) is 17.9. The van der Waals surface area contributed by atoms with Gasteiger partial charge in [0.15, 0.2) is 5.82 Å². The number of nitrogens with zero attached hydrogens (tertiary/aromatic N) is 3. The second-order valence-electron chi connectivity index (χ2n) is 6.13. The first-order chi connectivity index (χ1) is 12.7. The Labute approximate surface area is 156 Å². The predicted molar refractivity (Wildman–Crippen MR) is 101 cm³/mol. The van der Waals surface area contributed by atoms with Crippen LogP contribution in [-0.2, 0) is 12.2 Å². The molecule has 1 N–H and O–H groups in total. The fourth-order valence-corrected chi connectivity index (χ4v) is 3.75. The molecule has 0 radical (unpaired) electrons. The van der Waals surface area contributed by atoms with E-state index in [0.29, 0.717) is 17.5 Å². The average molecular weight is 368 g/mol. The highest BCUT2D eigenvalue weighted by atomic mass is 32.2. The summed E-state index contributed by atoms with van der Waals surface area (Å²) in [6.45, 7) is 4.72. The van der Waals surface area contributed by atoms with Gasteiger partial charge >= 0.3 is 0 Å². The Morgan fingerprint density at radius 3 is 3.12 bits per heavy atom. The number of hydrogen-bond donors (Lipinski definition) is 1. The van der Waals surface area contributed by atoms with Crippen LogP contribution in [0.3, 0.4) is 0 Å². The molecule has 0 spiro atoms. The molecule has 1 aliphatic rings. The molecule has 1 atom stereocenters. The summed E-state index contributed by atoms with van der Waals surface area (Å²) in [5, 5.41) is 7.96. The van der Waals surface area contributed by atoms with Gasteiger partial charge in [0.05, 0.1) is 6.61 Å². The van der Waals surface area contributed by atoms with E-state index in [2.05, 4.69) is 39.2 Å². The van der Waals surface area contributed by atoms with Gasteiger partial charge < -0.3 is 9.47 Å². The molecule has 134 valence electrons. The molecule has 26 heavy (non-hydrogen) atoms. The Balaban J connectivity index is 1.51. The van der Waals surface area contributed by atoms with Crippen molar-refractivity contribution in [3.63, 3.8) is 0 Å². The lowest BCUT2D eigenvalue weighted by molar-refractivity contribution is 0.254. The van der Waals surface area contributed by atoms with Crippen LogP contribution >= 0.6 is 11.8 Å². The summed E-state index contributed by atoms with van der Waals surface area (Å²) in [5.41, 5.74) is 3.23. The van der Waals surface area contributed by atoms with E-state index < -0.39 is 0 Å². The van der Waals surface area contributed by atoms with E-state index in [1.165, 1.54) is 5.56 Å². The molecule has 7 heteroatoms. The minimum absolute atomic E-state index is 0.220. The Morgan fingerprint density at radius 2 is 2.31 bits per heavy atom. The van der Waals surface area contributed by atoms with Crippen molar-refractivity contribution in [2.45, 2.75) is 37.3 Å². The number of fused-ring (bicyclic) bond motifs is 1. The van der Waals surface area contributed by atoms with E-state index in [9.17, 15) is 0 Å². The van der Waals surface area contributed by atoms with Crippen molar-refractivity contribution in [1.29, 1.82) is 0 Å². The molecule has 0 saturated carbocycles. The van der Waals surface area contributed by atoms with Gasteiger partial charge in [0.2, 0.25) is 5.16 Å². The Bertz CT molecular complexity index is 898. The molecule has 1 aliphatic heterocycles. The molecule has 1 aromatic carbocycles. The van der Waals surface area contributed by atoms with E-state index in [-0.39, 0.29) is 6.10 Å². The highest BCUT2D eigenvalue weighted by molar-refractivity contribution is 7.98. The summed E-state index contributed by atoms with van der Waals surface area (Å²) < 4.78 is 11.7. The van der Waals surface area contributed by atoms with Crippen LogP contribution in [0.25, 0.3) is 11.4 Å². The third kappa shape index (κ3) is 3.53. The number of aromatic nitrogens is 4. The topological polar surface area (TPSA) is 72.9 Å². The maximum atomic E-state index is 5.89. The molecule has 4 rings (SSSR count). The number of pyridine rings is 1. The number of H-pyrrole nitrogens is 1. The lowest BCUT2D eigenvalue weighted by Crippen LogP contribution is -2.05. The summed E-state index contributed by atoms with van der Waals surface area (Å²) in [7, 11) is 0. The van der Waals surface area contributed by atoms with E-state index in [1.807, 2.05) is 19.1 Å². The third-order valence-electron chi connectivity index (χ3n) is 4.14. The van der Waals surface area contributed by atoms with Gasteiger partial charge in [-0.15, -0.1) is 5.10 Å². The van der Waals surface area contributed by atoms with Gasteiger partial charge in [-0.1, -0.05) is 11.8 Å². The molecular formula is C19H20N4O2S. The smallest absolute Gasteiger partial charge is 0.209 e. The molecule has 3 heterocycles. The lowest BCUT2D eigenvalue weighted by Gasteiger charge is -2.11. The summed E-state index contributed by atoms with van der Waals surface area (Å²) in [6.07, 6.45) is 4.65. The van der Waals surface area contributed by atoms with Crippen LogP contribution in [0, 0.1) is 0 Å². The summed E-state index contributed by atoms with van der Waals surface area (Å²) >= 11 is 1.57. The normalized spacial score (nSPS) is 15.5. The van der Waals surface area contributed by atoms with Crippen LogP contribution in [0.2, 0.25) is 0 Å². The zero-order valence-corrected chi connectivity index (χ0v) is 15.5. The molecule has 0 saturated heterocycles. The van der Waals surface area contributed by atoms with E-state index >= 15 is 0 Å². The molecule has 0 amide bonds. The SMILES string of the molecule is CCOc1cc2c(cc1CSc1n[nH]c(-c3cccnc3)n1)O[C@H](C)C2. The summed E-state index contributed by atoms with van der Waals surface area (Å²) in [6, 6.07) is 8.03. The Hall–Kier alpha value is -2.54. The van der Waals surface area contributed by atoms with E-state index in [0.717, 1.165) is 34.9 Å². The van der Waals surface area contributed by atoms with Crippen molar-refractivity contribution >= 4 is 11.8 Å². The van der Waals surface area contributed by atoms with Crippen molar-refractivity contribution in [3.8, 4) is 22.9 Å². The van der Waals surface area contributed by atoms with Gasteiger partial charge in [0, 0.05) is 41.3 Å². The van der Waals surface area contributed by atoms with Crippen LogP contribution < -0.4 is 9.47 Å². The molecule has 6 nitrogen and oxygen atoms in total. The van der Waals surface area contributed by atoms with Gasteiger partial charge in [-0.3, -0.25) is 10.1 Å². The second kappa shape index (κ2) is 7.37. The quantitative estimate of drug-likeness (QED) is 0.666.